The van der Waals surface area contributed by atoms with E-state index in [4.69, 9.17) is 0 Å². The summed E-state index contributed by atoms with van der Waals surface area (Å²) in [5.74, 6) is 2.25. The van der Waals surface area contributed by atoms with Gasteiger partial charge in [-0.15, -0.1) is 0 Å². The van der Waals surface area contributed by atoms with Crippen molar-refractivity contribution in [3.8, 4) is 0 Å². The second-order valence-electron chi connectivity index (χ2n) is 5.62. The zero-order chi connectivity index (χ0) is 8.73. The van der Waals surface area contributed by atoms with E-state index in [0.717, 1.165) is 17.3 Å². The van der Waals surface area contributed by atoms with Gasteiger partial charge in [0.15, 0.2) is 0 Å². The standard InChI is InChI=1S/C12H21N/c1-2-10-4-5-12(6-7-13-9-12)8-11(10)3-1/h10-11,13H,1-9H2. The molecule has 2 saturated carbocycles. The summed E-state index contributed by atoms with van der Waals surface area (Å²) >= 11 is 0. The molecule has 1 N–H and O–H groups in total. The predicted octanol–water partition coefficient (Wildman–Crippen LogP) is 2.57. The van der Waals surface area contributed by atoms with Gasteiger partial charge in [0, 0.05) is 6.54 Å². The highest BCUT2D eigenvalue weighted by Crippen LogP contribution is 2.51. The Bertz CT molecular complexity index is 193. The third-order valence-corrected chi connectivity index (χ3v) is 4.89. The molecule has 3 aliphatic rings. The molecular weight excluding hydrogens is 158 g/mol. The first-order chi connectivity index (χ1) is 6.38. The normalized spacial score (nSPS) is 49.8. The summed E-state index contributed by atoms with van der Waals surface area (Å²) in [4.78, 5) is 0. The molecule has 74 valence electrons. The molecule has 1 spiro atoms. The number of nitrogens with one attached hydrogen (secondary N) is 1. The van der Waals surface area contributed by atoms with Gasteiger partial charge in [-0.3, -0.25) is 0 Å². The summed E-state index contributed by atoms with van der Waals surface area (Å²) in [6, 6.07) is 0. The lowest BCUT2D eigenvalue weighted by Gasteiger charge is -2.39. The highest BCUT2D eigenvalue weighted by molar-refractivity contribution is 4.96. The summed E-state index contributed by atoms with van der Waals surface area (Å²) in [5.41, 5.74) is 0.755. The lowest BCUT2D eigenvalue weighted by molar-refractivity contribution is 0.122. The smallest absolute Gasteiger partial charge is 0.000839 e. The molecule has 0 aromatic heterocycles. The van der Waals surface area contributed by atoms with Crippen molar-refractivity contribution in [3.05, 3.63) is 0 Å². The molecule has 1 saturated heterocycles. The van der Waals surface area contributed by atoms with E-state index in [1.54, 1.807) is 25.7 Å². The van der Waals surface area contributed by atoms with Gasteiger partial charge in [-0.2, -0.15) is 0 Å². The highest BCUT2D eigenvalue weighted by atomic mass is 14.9. The molecule has 3 atom stereocenters. The van der Waals surface area contributed by atoms with E-state index < -0.39 is 0 Å². The van der Waals surface area contributed by atoms with Gasteiger partial charge < -0.3 is 5.32 Å². The largest absolute Gasteiger partial charge is 0.316 e. The summed E-state index contributed by atoms with van der Waals surface area (Å²) in [6.45, 7) is 2.62. The van der Waals surface area contributed by atoms with E-state index in [-0.39, 0.29) is 0 Å². The summed E-state index contributed by atoms with van der Waals surface area (Å²) < 4.78 is 0. The van der Waals surface area contributed by atoms with Crippen LogP contribution in [0.4, 0.5) is 0 Å². The lowest BCUT2D eigenvalue weighted by Crippen LogP contribution is -2.33. The van der Waals surface area contributed by atoms with Crippen molar-refractivity contribution in [2.45, 2.75) is 44.9 Å². The lowest BCUT2D eigenvalue weighted by atomic mass is 9.66. The van der Waals surface area contributed by atoms with Crippen LogP contribution in [0.3, 0.4) is 0 Å². The minimum Gasteiger partial charge on any atom is -0.316 e. The Hall–Kier alpha value is -0.0400. The molecule has 13 heavy (non-hydrogen) atoms. The molecule has 0 aromatic rings. The minimum absolute atomic E-state index is 0.755. The Labute approximate surface area is 81.3 Å². The number of fused-ring (bicyclic) bond motifs is 1. The second kappa shape index (κ2) is 2.98. The van der Waals surface area contributed by atoms with Crippen molar-refractivity contribution in [2.75, 3.05) is 13.1 Å². The third kappa shape index (κ3) is 1.32. The maximum atomic E-state index is 3.56. The zero-order valence-electron chi connectivity index (χ0n) is 8.52. The van der Waals surface area contributed by atoms with Gasteiger partial charge in [0.05, 0.1) is 0 Å². The molecule has 0 radical (unpaired) electrons. The van der Waals surface area contributed by atoms with Crippen LogP contribution in [0.1, 0.15) is 44.9 Å². The van der Waals surface area contributed by atoms with Crippen LogP contribution < -0.4 is 5.32 Å². The molecule has 1 aliphatic heterocycles. The average Bonchev–Trinajstić information content (AvgIpc) is 2.74. The maximum Gasteiger partial charge on any atom is 0.000839 e. The predicted molar refractivity (Wildman–Crippen MR) is 54.6 cm³/mol. The summed E-state index contributed by atoms with van der Waals surface area (Å²) in [5, 5.41) is 3.56. The van der Waals surface area contributed by atoms with Gasteiger partial charge in [0.25, 0.3) is 0 Å². The van der Waals surface area contributed by atoms with Gasteiger partial charge in [-0.25, -0.2) is 0 Å². The van der Waals surface area contributed by atoms with Crippen LogP contribution in [0.5, 0.6) is 0 Å². The van der Waals surface area contributed by atoms with Gasteiger partial charge in [0.1, 0.15) is 0 Å². The van der Waals surface area contributed by atoms with Crippen LogP contribution >= 0.6 is 0 Å². The van der Waals surface area contributed by atoms with Crippen LogP contribution in [0.15, 0.2) is 0 Å². The number of hydrogen-bond donors (Lipinski definition) is 1. The molecule has 1 heteroatoms. The van der Waals surface area contributed by atoms with Gasteiger partial charge in [-0.05, 0) is 49.5 Å². The molecule has 0 bridgehead atoms. The van der Waals surface area contributed by atoms with Gasteiger partial charge >= 0.3 is 0 Å². The third-order valence-electron chi connectivity index (χ3n) is 4.89. The summed E-state index contributed by atoms with van der Waals surface area (Å²) in [7, 11) is 0. The van der Waals surface area contributed by atoms with Gasteiger partial charge in [0.2, 0.25) is 0 Å². The number of hydrogen-bond acceptors (Lipinski definition) is 1. The Kier molecular flexibility index (Phi) is 1.90. The molecule has 0 aromatic carbocycles. The van der Waals surface area contributed by atoms with Crippen LogP contribution in [0.25, 0.3) is 0 Å². The fourth-order valence-corrected chi connectivity index (χ4v) is 4.10. The Morgan fingerprint density at radius 2 is 1.92 bits per heavy atom. The highest BCUT2D eigenvalue weighted by Gasteiger charge is 2.43. The van der Waals surface area contributed by atoms with Crippen molar-refractivity contribution >= 4 is 0 Å². The van der Waals surface area contributed by atoms with Crippen molar-refractivity contribution in [1.29, 1.82) is 0 Å². The van der Waals surface area contributed by atoms with E-state index in [0.29, 0.717) is 0 Å². The topological polar surface area (TPSA) is 12.0 Å². The quantitative estimate of drug-likeness (QED) is 0.602. The first-order valence-electron chi connectivity index (χ1n) is 6.09. The zero-order valence-corrected chi connectivity index (χ0v) is 8.52. The van der Waals surface area contributed by atoms with E-state index in [1.165, 1.54) is 32.4 Å². The van der Waals surface area contributed by atoms with Crippen molar-refractivity contribution in [3.63, 3.8) is 0 Å². The Morgan fingerprint density at radius 1 is 1.00 bits per heavy atom. The van der Waals surface area contributed by atoms with E-state index in [9.17, 15) is 0 Å². The van der Waals surface area contributed by atoms with E-state index in [1.807, 2.05) is 0 Å². The Morgan fingerprint density at radius 3 is 2.77 bits per heavy atom. The monoisotopic (exact) mass is 179 g/mol. The molecule has 0 amide bonds. The second-order valence-corrected chi connectivity index (χ2v) is 5.62. The molecule has 1 heterocycles. The average molecular weight is 179 g/mol. The van der Waals surface area contributed by atoms with Crippen LogP contribution in [-0.4, -0.2) is 13.1 Å². The van der Waals surface area contributed by atoms with Crippen LogP contribution in [0, 0.1) is 17.3 Å². The molecule has 3 unspecified atom stereocenters. The van der Waals surface area contributed by atoms with E-state index in [2.05, 4.69) is 5.32 Å². The molecule has 3 fully saturated rings. The fraction of sp³-hybridized carbons (Fsp3) is 1.00. The van der Waals surface area contributed by atoms with Crippen molar-refractivity contribution in [1.82, 2.24) is 5.32 Å². The SMILES string of the molecule is C1CC2CCC3(CCNC3)CC2C1. The molecule has 2 aliphatic carbocycles. The van der Waals surface area contributed by atoms with E-state index >= 15 is 0 Å². The maximum absolute atomic E-state index is 3.56. The minimum atomic E-state index is 0.755. The fourth-order valence-electron chi connectivity index (χ4n) is 4.10. The van der Waals surface area contributed by atoms with Crippen LogP contribution in [0.2, 0.25) is 0 Å². The first-order valence-corrected chi connectivity index (χ1v) is 6.09. The molecule has 3 rings (SSSR count). The Balaban J connectivity index is 1.73. The summed E-state index contributed by atoms with van der Waals surface area (Å²) in [6.07, 6.45) is 10.7. The van der Waals surface area contributed by atoms with Crippen molar-refractivity contribution in [2.24, 2.45) is 17.3 Å². The molecular formula is C12H21N. The van der Waals surface area contributed by atoms with Crippen LogP contribution in [-0.2, 0) is 0 Å². The number of rotatable bonds is 0. The first kappa shape index (κ1) is 8.28. The molecule has 1 nitrogen and oxygen atoms in total. The van der Waals surface area contributed by atoms with Gasteiger partial charge in [-0.1, -0.05) is 19.3 Å². The van der Waals surface area contributed by atoms with Crippen molar-refractivity contribution < 1.29 is 0 Å².